The molecular formula is C27H24BrNO5. The Labute approximate surface area is 205 Å². The molecule has 0 aliphatic carbocycles. The number of carbonyl (C=O) groups excluding carboxylic acids is 1. The van der Waals surface area contributed by atoms with E-state index in [1.165, 1.54) is 0 Å². The Hall–Kier alpha value is -3.58. The second kappa shape index (κ2) is 9.73. The van der Waals surface area contributed by atoms with Crippen molar-refractivity contribution in [2.24, 2.45) is 0 Å². The molecule has 0 unspecified atom stereocenters. The maximum Gasteiger partial charge on any atom is 0.262 e. The number of ether oxygens (including phenoxy) is 2. The summed E-state index contributed by atoms with van der Waals surface area (Å²) in [5, 5.41) is 3.27. The van der Waals surface area contributed by atoms with E-state index in [1.54, 1.807) is 49.6 Å². The molecule has 4 rings (SSSR count). The molecule has 0 saturated carbocycles. The number of hydrogen-bond donors (Lipinski definition) is 1. The quantitative estimate of drug-likeness (QED) is 0.328. The van der Waals surface area contributed by atoms with E-state index in [9.17, 15) is 9.59 Å². The zero-order valence-electron chi connectivity index (χ0n) is 19.3. The van der Waals surface area contributed by atoms with Gasteiger partial charge in [-0.3, -0.25) is 9.59 Å². The molecule has 0 bridgehead atoms. The zero-order valence-corrected chi connectivity index (χ0v) is 20.9. The van der Waals surface area contributed by atoms with Gasteiger partial charge in [-0.25, -0.2) is 0 Å². The van der Waals surface area contributed by atoms with Gasteiger partial charge in [-0.2, -0.15) is 0 Å². The molecule has 7 heteroatoms. The van der Waals surface area contributed by atoms with Crippen molar-refractivity contribution in [3.8, 4) is 22.8 Å². The molecule has 0 saturated heterocycles. The first kappa shape index (κ1) is 23.6. The van der Waals surface area contributed by atoms with Crippen LogP contribution in [0.5, 0.6) is 11.5 Å². The zero-order chi connectivity index (χ0) is 24.4. The number of benzene rings is 3. The summed E-state index contributed by atoms with van der Waals surface area (Å²) < 4.78 is 17.9. The Balaban J connectivity index is 1.70. The number of carbonyl (C=O) groups is 1. The number of nitrogens with one attached hydrogen (secondary N) is 1. The van der Waals surface area contributed by atoms with Gasteiger partial charge in [0.25, 0.3) is 5.91 Å². The Morgan fingerprint density at radius 3 is 2.41 bits per heavy atom. The van der Waals surface area contributed by atoms with Gasteiger partial charge in [0.2, 0.25) is 11.2 Å². The third-order valence-corrected chi connectivity index (χ3v) is 6.08. The summed E-state index contributed by atoms with van der Waals surface area (Å²) in [6, 6.07) is 16.2. The van der Waals surface area contributed by atoms with E-state index in [4.69, 9.17) is 13.9 Å². The molecule has 1 amide bonds. The van der Waals surface area contributed by atoms with Crippen LogP contribution in [0.4, 0.5) is 5.69 Å². The summed E-state index contributed by atoms with van der Waals surface area (Å²) in [5.41, 5.74) is 4.46. The standard InChI is InChI=1S/C27H24BrNO5/c1-15-11-16(2)24(17(3)12-15)29-23(30)14-33-27-25(31)19-7-5-6-8-21(19)34-26(27)18-9-10-22(32-4)20(28)13-18/h5-13H,14H2,1-4H3,(H,29,30). The summed E-state index contributed by atoms with van der Waals surface area (Å²) in [6.07, 6.45) is 0. The fraction of sp³-hybridized carbons (Fsp3) is 0.185. The average Bonchev–Trinajstić information content (AvgIpc) is 2.80. The van der Waals surface area contributed by atoms with Crippen molar-refractivity contribution in [2.45, 2.75) is 20.8 Å². The monoisotopic (exact) mass is 521 g/mol. The fourth-order valence-corrected chi connectivity index (χ4v) is 4.48. The second-order valence-corrected chi connectivity index (χ2v) is 8.90. The number of para-hydroxylation sites is 1. The van der Waals surface area contributed by atoms with Gasteiger partial charge in [-0.05, 0) is 78.2 Å². The van der Waals surface area contributed by atoms with E-state index >= 15 is 0 Å². The fourth-order valence-electron chi connectivity index (χ4n) is 3.94. The minimum atomic E-state index is -0.371. The van der Waals surface area contributed by atoms with Crippen LogP contribution in [-0.2, 0) is 4.79 Å². The number of hydrogen-bond acceptors (Lipinski definition) is 5. The van der Waals surface area contributed by atoms with Gasteiger partial charge in [0.15, 0.2) is 12.4 Å². The highest BCUT2D eigenvalue weighted by Gasteiger charge is 2.20. The first-order valence-electron chi connectivity index (χ1n) is 10.7. The van der Waals surface area contributed by atoms with E-state index in [-0.39, 0.29) is 29.5 Å². The van der Waals surface area contributed by atoms with Gasteiger partial charge in [-0.15, -0.1) is 0 Å². The Bertz CT molecular complexity index is 1430. The second-order valence-electron chi connectivity index (χ2n) is 8.05. The lowest BCUT2D eigenvalue weighted by Gasteiger charge is -2.15. The summed E-state index contributed by atoms with van der Waals surface area (Å²) in [7, 11) is 1.57. The molecule has 0 radical (unpaired) electrons. The molecule has 1 heterocycles. The van der Waals surface area contributed by atoms with Gasteiger partial charge in [0.05, 0.1) is 17.0 Å². The van der Waals surface area contributed by atoms with E-state index in [2.05, 4.69) is 21.2 Å². The van der Waals surface area contributed by atoms with Gasteiger partial charge in [0.1, 0.15) is 11.3 Å². The number of aryl methyl sites for hydroxylation is 3. The highest BCUT2D eigenvalue weighted by Crippen LogP contribution is 2.35. The number of fused-ring (bicyclic) bond motifs is 1. The normalized spacial score (nSPS) is 10.9. The van der Waals surface area contributed by atoms with Crippen molar-refractivity contribution in [1.29, 1.82) is 0 Å². The summed E-state index contributed by atoms with van der Waals surface area (Å²) in [4.78, 5) is 26.0. The number of halogens is 1. The van der Waals surface area contributed by atoms with Crippen molar-refractivity contribution >= 4 is 38.5 Å². The lowest BCUT2D eigenvalue weighted by atomic mass is 10.1. The van der Waals surface area contributed by atoms with Crippen LogP contribution in [0.25, 0.3) is 22.3 Å². The third-order valence-electron chi connectivity index (χ3n) is 5.46. The topological polar surface area (TPSA) is 77.8 Å². The van der Waals surface area contributed by atoms with Crippen LogP contribution < -0.4 is 20.2 Å². The van der Waals surface area contributed by atoms with E-state index in [0.29, 0.717) is 26.8 Å². The summed E-state index contributed by atoms with van der Waals surface area (Å²) in [6.45, 7) is 5.54. The predicted molar refractivity (Wildman–Crippen MR) is 137 cm³/mol. The number of anilines is 1. The number of rotatable bonds is 6. The largest absolute Gasteiger partial charge is 0.496 e. The Morgan fingerprint density at radius 2 is 1.74 bits per heavy atom. The van der Waals surface area contributed by atoms with Crippen LogP contribution in [0.2, 0.25) is 0 Å². The molecule has 0 atom stereocenters. The molecule has 3 aromatic carbocycles. The molecule has 0 fully saturated rings. The lowest BCUT2D eigenvalue weighted by molar-refractivity contribution is -0.118. The minimum absolute atomic E-state index is 0.0248. The van der Waals surface area contributed by atoms with Gasteiger partial charge in [-0.1, -0.05) is 29.8 Å². The molecule has 1 aromatic heterocycles. The van der Waals surface area contributed by atoms with Gasteiger partial charge < -0.3 is 19.2 Å². The first-order chi connectivity index (χ1) is 16.3. The SMILES string of the molecule is COc1ccc(-c2oc3ccccc3c(=O)c2OCC(=O)Nc2c(C)cc(C)cc2C)cc1Br. The van der Waals surface area contributed by atoms with Crippen LogP contribution in [0.1, 0.15) is 16.7 Å². The van der Waals surface area contributed by atoms with Crippen molar-refractivity contribution in [3.05, 3.63) is 86.0 Å². The number of methoxy groups -OCH3 is 1. The summed E-state index contributed by atoms with van der Waals surface area (Å²) >= 11 is 3.47. The molecule has 174 valence electrons. The molecule has 6 nitrogen and oxygen atoms in total. The van der Waals surface area contributed by atoms with Crippen LogP contribution in [0.3, 0.4) is 0 Å². The molecule has 0 aliphatic rings. The molecular weight excluding hydrogens is 498 g/mol. The first-order valence-corrected chi connectivity index (χ1v) is 11.5. The van der Waals surface area contributed by atoms with E-state index in [1.807, 2.05) is 32.9 Å². The van der Waals surface area contributed by atoms with Crippen molar-refractivity contribution in [1.82, 2.24) is 0 Å². The third kappa shape index (κ3) is 4.70. The van der Waals surface area contributed by atoms with Crippen molar-refractivity contribution in [2.75, 3.05) is 19.0 Å². The molecule has 34 heavy (non-hydrogen) atoms. The smallest absolute Gasteiger partial charge is 0.262 e. The van der Waals surface area contributed by atoms with Crippen molar-refractivity contribution < 1.29 is 18.7 Å². The van der Waals surface area contributed by atoms with Crippen LogP contribution in [-0.4, -0.2) is 19.6 Å². The van der Waals surface area contributed by atoms with E-state index in [0.717, 1.165) is 22.4 Å². The summed E-state index contributed by atoms with van der Waals surface area (Å²) in [5.74, 6) is 0.479. The van der Waals surface area contributed by atoms with Crippen molar-refractivity contribution in [3.63, 3.8) is 0 Å². The molecule has 1 N–H and O–H groups in total. The van der Waals surface area contributed by atoms with Gasteiger partial charge in [0, 0.05) is 11.3 Å². The average molecular weight is 522 g/mol. The minimum Gasteiger partial charge on any atom is -0.496 e. The van der Waals surface area contributed by atoms with Crippen LogP contribution in [0.15, 0.2) is 68.3 Å². The number of amides is 1. The lowest BCUT2D eigenvalue weighted by Crippen LogP contribution is -2.23. The van der Waals surface area contributed by atoms with Gasteiger partial charge >= 0.3 is 0 Å². The highest BCUT2D eigenvalue weighted by molar-refractivity contribution is 9.10. The Morgan fingerprint density at radius 1 is 1.03 bits per heavy atom. The highest BCUT2D eigenvalue weighted by atomic mass is 79.9. The molecule has 4 aromatic rings. The van der Waals surface area contributed by atoms with Crippen LogP contribution >= 0.6 is 15.9 Å². The Kier molecular flexibility index (Phi) is 6.75. The van der Waals surface area contributed by atoms with E-state index < -0.39 is 0 Å². The van der Waals surface area contributed by atoms with Crippen LogP contribution in [0, 0.1) is 20.8 Å². The maximum absolute atomic E-state index is 13.3. The molecule has 0 spiro atoms. The maximum atomic E-state index is 13.3. The predicted octanol–water partition coefficient (Wildman–Crippen LogP) is 6.17. The molecule has 0 aliphatic heterocycles.